The summed E-state index contributed by atoms with van der Waals surface area (Å²) in [6.07, 6.45) is 9.69. The summed E-state index contributed by atoms with van der Waals surface area (Å²) >= 11 is 0. The largest absolute Gasteiger partial charge is 0.481 e. The zero-order valence-corrected chi connectivity index (χ0v) is 12.1. The molecule has 4 heteroatoms. The maximum atomic E-state index is 11.2. The molecule has 1 aliphatic carbocycles. The van der Waals surface area contributed by atoms with E-state index in [0.29, 0.717) is 6.10 Å². The van der Waals surface area contributed by atoms with Crippen LogP contribution in [0.2, 0.25) is 0 Å². The van der Waals surface area contributed by atoms with Gasteiger partial charge in [0.2, 0.25) is 0 Å². The number of hydrogen-bond acceptors (Lipinski definition) is 3. The van der Waals surface area contributed by atoms with Crippen molar-refractivity contribution in [1.82, 2.24) is 4.90 Å². The monoisotopic (exact) mass is 269 g/mol. The number of carbonyl (C=O) groups is 1. The molecule has 2 fully saturated rings. The molecule has 1 atom stereocenters. The average Bonchev–Trinajstić information content (AvgIpc) is 2.40. The Morgan fingerprint density at radius 3 is 2.58 bits per heavy atom. The van der Waals surface area contributed by atoms with Crippen LogP contribution in [-0.2, 0) is 9.53 Å². The molecule has 110 valence electrons. The van der Waals surface area contributed by atoms with E-state index in [-0.39, 0.29) is 12.0 Å². The summed E-state index contributed by atoms with van der Waals surface area (Å²) in [4.78, 5) is 13.5. The molecule has 0 bridgehead atoms. The minimum absolute atomic E-state index is 0.134. The van der Waals surface area contributed by atoms with Crippen LogP contribution in [-0.4, -0.2) is 47.8 Å². The van der Waals surface area contributed by atoms with Gasteiger partial charge in [-0.25, -0.2) is 0 Å². The van der Waals surface area contributed by atoms with Crippen molar-refractivity contribution < 1.29 is 14.6 Å². The highest BCUT2D eigenvalue weighted by Crippen LogP contribution is 2.36. The number of carboxylic acids is 1. The highest BCUT2D eigenvalue weighted by molar-refractivity contribution is 5.68. The summed E-state index contributed by atoms with van der Waals surface area (Å²) in [5, 5.41) is 9.23. The Hall–Kier alpha value is -0.610. The molecule has 1 N–H and O–H groups in total. The predicted octanol–water partition coefficient (Wildman–Crippen LogP) is 2.66. The number of carboxylic acid groups (broad SMARTS) is 1. The van der Waals surface area contributed by atoms with E-state index in [1.165, 1.54) is 19.3 Å². The lowest BCUT2D eigenvalue weighted by Gasteiger charge is -2.45. The molecule has 4 nitrogen and oxygen atoms in total. The van der Waals surface area contributed by atoms with Crippen molar-refractivity contribution in [3.05, 3.63) is 0 Å². The second-order valence-corrected chi connectivity index (χ2v) is 6.22. The number of aliphatic carboxylic acids is 1. The first-order valence-corrected chi connectivity index (χ1v) is 7.67. The van der Waals surface area contributed by atoms with Gasteiger partial charge in [0.15, 0.2) is 0 Å². The van der Waals surface area contributed by atoms with Crippen molar-refractivity contribution >= 4 is 5.97 Å². The van der Waals surface area contributed by atoms with Gasteiger partial charge in [0.1, 0.15) is 0 Å². The molecule has 0 amide bonds. The molecule has 1 unspecified atom stereocenters. The van der Waals surface area contributed by atoms with Crippen LogP contribution in [0.4, 0.5) is 0 Å². The highest BCUT2D eigenvalue weighted by atomic mass is 16.5. The molecule has 0 aromatic rings. The number of likely N-dealkylation sites (N-methyl/N-ethyl adjacent to an activating group) is 1. The number of rotatable bonds is 5. The van der Waals surface area contributed by atoms with Crippen molar-refractivity contribution in [2.24, 2.45) is 0 Å². The molecule has 2 rings (SSSR count). The van der Waals surface area contributed by atoms with E-state index in [2.05, 4.69) is 11.9 Å². The van der Waals surface area contributed by atoms with Crippen LogP contribution in [0.3, 0.4) is 0 Å². The van der Waals surface area contributed by atoms with Crippen LogP contribution in [0.15, 0.2) is 0 Å². The molecule has 1 saturated carbocycles. The molecular weight excluding hydrogens is 242 g/mol. The third-order valence-electron chi connectivity index (χ3n) is 4.83. The van der Waals surface area contributed by atoms with E-state index in [4.69, 9.17) is 4.74 Å². The van der Waals surface area contributed by atoms with Gasteiger partial charge in [0, 0.05) is 18.7 Å². The minimum atomic E-state index is -0.668. The lowest BCUT2D eigenvalue weighted by molar-refractivity contribution is -0.141. The van der Waals surface area contributed by atoms with Crippen LogP contribution >= 0.6 is 0 Å². The Kier molecular flexibility index (Phi) is 5.22. The van der Waals surface area contributed by atoms with Crippen molar-refractivity contribution in [2.75, 3.05) is 20.2 Å². The van der Waals surface area contributed by atoms with Crippen molar-refractivity contribution in [3.63, 3.8) is 0 Å². The maximum absolute atomic E-state index is 11.2. The van der Waals surface area contributed by atoms with Crippen molar-refractivity contribution in [1.29, 1.82) is 0 Å². The number of hydrogen-bond donors (Lipinski definition) is 1. The Balaban J connectivity index is 1.97. The summed E-state index contributed by atoms with van der Waals surface area (Å²) in [6.45, 7) is 1.75. The molecule has 0 radical (unpaired) electrons. The van der Waals surface area contributed by atoms with Crippen LogP contribution in [0.5, 0.6) is 0 Å². The van der Waals surface area contributed by atoms with Gasteiger partial charge in [-0.2, -0.15) is 0 Å². The fourth-order valence-corrected chi connectivity index (χ4v) is 3.64. The lowest BCUT2D eigenvalue weighted by atomic mass is 9.78. The van der Waals surface area contributed by atoms with E-state index in [0.717, 1.165) is 45.3 Å². The Labute approximate surface area is 116 Å². The average molecular weight is 269 g/mol. The third kappa shape index (κ3) is 3.93. The molecule has 1 aliphatic heterocycles. The van der Waals surface area contributed by atoms with Gasteiger partial charge in [-0.1, -0.05) is 19.3 Å². The van der Waals surface area contributed by atoms with E-state index in [1.807, 2.05) is 0 Å². The third-order valence-corrected chi connectivity index (χ3v) is 4.83. The van der Waals surface area contributed by atoms with Gasteiger partial charge in [-0.05, 0) is 39.2 Å². The Bertz CT molecular complexity index is 294. The molecule has 2 aliphatic rings. The zero-order valence-electron chi connectivity index (χ0n) is 12.1. The number of ether oxygens (including phenoxy) is 1. The molecule has 1 saturated heterocycles. The molecule has 0 aromatic heterocycles. The van der Waals surface area contributed by atoms with Gasteiger partial charge in [-0.3, -0.25) is 9.69 Å². The molecule has 19 heavy (non-hydrogen) atoms. The van der Waals surface area contributed by atoms with E-state index >= 15 is 0 Å². The van der Waals surface area contributed by atoms with Crippen LogP contribution in [0.1, 0.15) is 57.8 Å². The van der Waals surface area contributed by atoms with Crippen LogP contribution in [0.25, 0.3) is 0 Å². The Morgan fingerprint density at radius 1 is 1.26 bits per heavy atom. The van der Waals surface area contributed by atoms with Crippen LogP contribution < -0.4 is 0 Å². The van der Waals surface area contributed by atoms with Crippen molar-refractivity contribution in [3.8, 4) is 0 Å². The van der Waals surface area contributed by atoms with Gasteiger partial charge in [-0.15, -0.1) is 0 Å². The maximum Gasteiger partial charge on any atom is 0.305 e. The smallest absolute Gasteiger partial charge is 0.305 e. The first kappa shape index (κ1) is 14.8. The van der Waals surface area contributed by atoms with Gasteiger partial charge in [0.05, 0.1) is 12.5 Å². The van der Waals surface area contributed by atoms with Crippen molar-refractivity contribution in [2.45, 2.75) is 69.4 Å². The quantitative estimate of drug-likeness (QED) is 0.833. The van der Waals surface area contributed by atoms with Gasteiger partial charge < -0.3 is 9.84 Å². The molecule has 0 aromatic carbocycles. The van der Waals surface area contributed by atoms with E-state index in [9.17, 15) is 9.90 Å². The molecule has 1 heterocycles. The Morgan fingerprint density at radius 2 is 2.00 bits per heavy atom. The molecular formula is C15H27NO3. The normalized spacial score (nSPS) is 27.4. The highest BCUT2D eigenvalue weighted by Gasteiger charge is 2.38. The predicted molar refractivity (Wildman–Crippen MR) is 74.3 cm³/mol. The standard InChI is InChI=1S/C15H27NO3/c1-16(12-13-7-3-6-10-19-13)15(11-14(17)18)8-4-2-5-9-15/h13H,2-12H2,1H3,(H,17,18). The zero-order chi connectivity index (χ0) is 13.7. The second-order valence-electron chi connectivity index (χ2n) is 6.22. The molecule has 0 spiro atoms. The summed E-state index contributed by atoms with van der Waals surface area (Å²) in [7, 11) is 2.09. The topological polar surface area (TPSA) is 49.8 Å². The van der Waals surface area contributed by atoms with Gasteiger partial charge in [0.25, 0.3) is 0 Å². The first-order chi connectivity index (χ1) is 9.12. The summed E-state index contributed by atoms with van der Waals surface area (Å²) < 4.78 is 5.80. The summed E-state index contributed by atoms with van der Waals surface area (Å²) in [5.41, 5.74) is -0.134. The SMILES string of the molecule is CN(CC1CCCCO1)C1(CC(=O)O)CCCCC1. The summed E-state index contributed by atoms with van der Waals surface area (Å²) in [5.74, 6) is -0.668. The fourth-order valence-electron chi connectivity index (χ4n) is 3.64. The number of nitrogens with zero attached hydrogens (tertiary/aromatic N) is 1. The van der Waals surface area contributed by atoms with Gasteiger partial charge >= 0.3 is 5.97 Å². The lowest BCUT2D eigenvalue weighted by Crippen LogP contribution is -2.52. The van der Waals surface area contributed by atoms with E-state index in [1.54, 1.807) is 0 Å². The van der Waals surface area contributed by atoms with Crippen LogP contribution in [0, 0.1) is 0 Å². The minimum Gasteiger partial charge on any atom is -0.481 e. The summed E-state index contributed by atoms with van der Waals surface area (Å²) in [6, 6.07) is 0. The van der Waals surface area contributed by atoms with E-state index < -0.39 is 5.97 Å². The second kappa shape index (κ2) is 6.71. The fraction of sp³-hybridized carbons (Fsp3) is 0.933. The first-order valence-electron chi connectivity index (χ1n) is 7.67.